The molecule has 1 unspecified atom stereocenters. The van der Waals surface area contributed by atoms with Gasteiger partial charge in [0, 0.05) is 6.42 Å². The normalized spacial score (nSPS) is 14.0. The highest BCUT2D eigenvalue weighted by molar-refractivity contribution is 5.93. The molecular weight excluding hydrogens is 260 g/mol. The summed E-state index contributed by atoms with van der Waals surface area (Å²) in [5, 5.41) is 0. The van der Waals surface area contributed by atoms with Gasteiger partial charge in [-0.3, -0.25) is 4.79 Å². The number of aldehydes is 1. The molecule has 0 bridgehead atoms. The average molecular weight is 296 g/mol. The first-order valence-corrected chi connectivity index (χ1v) is 8.53. The van der Waals surface area contributed by atoms with Crippen LogP contribution in [-0.2, 0) is 9.59 Å². The summed E-state index contributed by atoms with van der Waals surface area (Å²) in [5.74, 6) is -0.214. The van der Waals surface area contributed by atoms with E-state index in [1.54, 1.807) is 0 Å². The second-order valence-corrected chi connectivity index (χ2v) is 8.78. The number of unbranched alkanes of at least 4 members (excludes halogenated alkanes) is 2. The van der Waals surface area contributed by atoms with Crippen molar-refractivity contribution < 1.29 is 9.59 Å². The molecule has 0 aliphatic rings. The smallest absolute Gasteiger partial charge is 0.143 e. The number of Topliss-reactive ketones (excluding diaryl/α,β-unsaturated/α-hetero) is 1. The summed E-state index contributed by atoms with van der Waals surface area (Å²) in [6, 6.07) is 0. The van der Waals surface area contributed by atoms with E-state index in [0.29, 0.717) is 17.3 Å². The zero-order valence-corrected chi connectivity index (χ0v) is 15.1. The summed E-state index contributed by atoms with van der Waals surface area (Å²) in [4.78, 5) is 23.2. The number of ketones is 1. The quantitative estimate of drug-likeness (QED) is 0.299. The highest BCUT2D eigenvalue weighted by Gasteiger charge is 2.18. The lowest BCUT2D eigenvalue weighted by atomic mass is 9.87. The average Bonchev–Trinajstić information content (AvgIpc) is 2.32. The number of hydrogen-bond donors (Lipinski definition) is 0. The fraction of sp³-hybridized carbons (Fsp3) is 0.895. The van der Waals surface area contributed by atoms with Crippen molar-refractivity contribution in [2.45, 2.75) is 92.9 Å². The molecule has 2 nitrogen and oxygen atoms in total. The molecule has 0 heterocycles. The van der Waals surface area contributed by atoms with Crippen LogP contribution in [0.5, 0.6) is 0 Å². The van der Waals surface area contributed by atoms with Crippen molar-refractivity contribution in [1.29, 1.82) is 0 Å². The highest BCUT2D eigenvalue weighted by Crippen LogP contribution is 2.24. The van der Waals surface area contributed by atoms with E-state index < -0.39 is 0 Å². The summed E-state index contributed by atoms with van der Waals surface area (Å²) in [7, 11) is 0. The molecular formula is C19H36O2. The Morgan fingerprint density at radius 3 is 1.76 bits per heavy atom. The van der Waals surface area contributed by atoms with Crippen molar-refractivity contribution in [3.8, 4) is 0 Å². The van der Waals surface area contributed by atoms with Crippen LogP contribution in [0, 0.1) is 16.7 Å². The zero-order valence-electron chi connectivity index (χ0n) is 15.1. The maximum atomic E-state index is 12.1. The molecule has 0 amide bonds. The number of hydrogen-bond acceptors (Lipinski definition) is 2. The lowest BCUT2D eigenvalue weighted by Crippen LogP contribution is -2.16. The topological polar surface area (TPSA) is 34.1 Å². The fourth-order valence-electron chi connectivity index (χ4n) is 2.46. The molecule has 21 heavy (non-hydrogen) atoms. The maximum absolute atomic E-state index is 12.1. The molecule has 0 aromatic carbocycles. The first-order valence-electron chi connectivity index (χ1n) is 8.53. The fourth-order valence-corrected chi connectivity index (χ4v) is 2.46. The van der Waals surface area contributed by atoms with Gasteiger partial charge in [0.2, 0.25) is 0 Å². The Labute approximate surface area is 132 Å². The first kappa shape index (κ1) is 20.3. The first-order chi connectivity index (χ1) is 9.55. The lowest BCUT2D eigenvalue weighted by molar-refractivity contribution is -0.127. The van der Waals surface area contributed by atoms with Crippen LogP contribution in [0.15, 0.2) is 0 Å². The molecule has 0 fully saturated rings. The third-order valence-electron chi connectivity index (χ3n) is 3.87. The monoisotopic (exact) mass is 296 g/mol. The van der Waals surface area contributed by atoms with Crippen molar-refractivity contribution >= 4 is 12.1 Å². The van der Waals surface area contributed by atoms with E-state index in [1.807, 2.05) is 0 Å². The van der Waals surface area contributed by atoms with Gasteiger partial charge in [0.05, 0.1) is 5.92 Å². The molecule has 0 rings (SSSR count). The van der Waals surface area contributed by atoms with Crippen LogP contribution in [0.25, 0.3) is 0 Å². The van der Waals surface area contributed by atoms with Crippen molar-refractivity contribution in [2.24, 2.45) is 16.7 Å². The Hall–Kier alpha value is -0.660. The summed E-state index contributed by atoms with van der Waals surface area (Å²) < 4.78 is 0. The Morgan fingerprint density at radius 2 is 1.33 bits per heavy atom. The molecule has 0 saturated heterocycles. The minimum Gasteiger partial charge on any atom is -0.303 e. The molecule has 0 spiro atoms. The van der Waals surface area contributed by atoms with E-state index in [0.717, 1.165) is 51.2 Å². The van der Waals surface area contributed by atoms with Crippen LogP contribution in [-0.4, -0.2) is 12.1 Å². The zero-order chi connectivity index (χ0) is 16.5. The predicted molar refractivity (Wildman–Crippen MR) is 90.4 cm³/mol. The summed E-state index contributed by atoms with van der Waals surface area (Å²) in [5.41, 5.74) is 0.674. The van der Waals surface area contributed by atoms with E-state index in [-0.39, 0.29) is 11.7 Å². The summed E-state index contributed by atoms with van der Waals surface area (Å²) in [6.45, 7) is 13.3. The highest BCUT2D eigenvalue weighted by atomic mass is 16.1. The van der Waals surface area contributed by atoms with Crippen LogP contribution in [0.1, 0.15) is 92.9 Å². The van der Waals surface area contributed by atoms with Gasteiger partial charge in [0.1, 0.15) is 12.1 Å². The number of carbonyl (C=O) groups excluding carboxylic acids is 2. The Bertz CT molecular complexity index is 305. The van der Waals surface area contributed by atoms with Crippen LogP contribution >= 0.6 is 0 Å². The lowest BCUT2D eigenvalue weighted by Gasteiger charge is -2.18. The molecule has 0 aliphatic heterocycles. The predicted octanol–water partition coefficient (Wildman–Crippen LogP) is 5.58. The Balaban J connectivity index is 3.89. The standard InChI is InChI=1S/C19H36O2/c1-18(2,3)13-9-7-11-16(15-20)17(21)12-8-10-14-19(4,5)6/h15-16H,7-14H2,1-6H3. The minimum atomic E-state index is -0.361. The van der Waals surface area contributed by atoms with Crippen molar-refractivity contribution in [2.75, 3.05) is 0 Å². The van der Waals surface area contributed by atoms with Gasteiger partial charge in [-0.05, 0) is 36.5 Å². The molecule has 0 aromatic heterocycles. The van der Waals surface area contributed by atoms with Gasteiger partial charge < -0.3 is 4.79 Å². The molecule has 1 atom stereocenters. The molecule has 0 radical (unpaired) electrons. The van der Waals surface area contributed by atoms with E-state index >= 15 is 0 Å². The maximum Gasteiger partial charge on any atom is 0.143 e. The third-order valence-corrected chi connectivity index (χ3v) is 3.87. The summed E-state index contributed by atoms with van der Waals surface area (Å²) in [6.07, 6.45) is 8.53. The van der Waals surface area contributed by atoms with Crippen LogP contribution in [0.4, 0.5) is 0 Å². The van der Waals surface area contributed by atoms with Gasteiger partial charge in [0.25, 0.3) is 0 Å². The van der Waals surface area contributed by atoms with Gasteiger partial charge in [-0.1, -0.05) is 60.8 Å². The van der Waals surface area contributed by atoms with Crippen LogP contribution < -0.4 is 0 Å². The molecule has 0 aromatic rings. The van der Waals surface area contributed by atoms with Crippen LogP contribution in [0.2, 0.25) is 0 Å². The minimum absolute atomic E-state index is 0.148. The van der Waals surface area contributed by atoms with E-state index in [2.05, 4.69) is 41.5 Å². The van der Waals surface area contributed by atoms with E-state index in [1.165, 1.54) is 0 Å². The van der Waals surface area contributed by atoms with Crippen molar-refractivity contribution in [1.82, 2.24) is 0 Å². The number of carbonyl (C=O) groups is 2. The van der Waals surface area contributed by atoms with Crippen molar-refractivity contribution in [3.63, 3.8) is 0 Å². The molecule has 2 heteroatoms. The van der Waals surface area contributed by atoms with Gasteiger partial charge >= 0.3 is 0 Å². The largest absolute Gasteiger partial charge is 0.303 e. The molecule has 0 aliphatic carbocycles. The van der Waals surface area contributed by atoms with Crippen LogP contribution in [0.3, 0.4) is 0 Å². The van der Waals surface area contributed by atoms with Gasteiger partial charge in [-0.25, -0.2) is 0 Å². The molecule has 0 N–H and O–H groups in total. The SMILES string of the molecule is CC(C)(C)CCCCC(=O)C(C=O)CCCCC(C)(C)C. The second kappa shape index (κ2) is 9.38. The summed E-state index contributed by atoms with van der Waals surface area (Å²) >= 11 is 0. The van der Waals surface area contributed by atoms with E-state index in [9.17, 15) is 9.59 Å². The van der Waals surface area contributed by atoms with Gasteiger partial charge in [0.15, 0.2) is 0 Å². The van der Waals surface area contributed by atoms with E-state index in [4.69, 9.17) is 0 Å². The molecule has 124 valence electrons. The van der Waals surface area contributed by atoms with Crippen molar-refractivity contribution in [3.05, 3.63) is 0 Å². The van der Waals surface area contributed by atoms with Gasteiger partial charge in [-0.15, -0.1) is 0 Å². The molecule has 0 saturated carbocycles. The van der Waals surface area contributed by atoms with Gasteiger partial charge in [-0.2, -0.15) is 0 Å². The Morgan fingerprint density at radius 1 is 0.857 bits per heavy atom. The Kier molecular flexibility index (Phi) is 9.08. The second-order valence-electron chi connectivity index (χ2n) is 8.78. The third kappa shape index (κ3) is 12.8. The number of rotatable bonds is 10.